The summed E-state index contributed by atoms with van der Waals surface area (Å²) in [7, 11) is -4.07. The van der Waals surface area contributed by atoms with E-state index in [4.69, 9.17) is 0 Å². The standard InChI is InChI=1S/C32H41N3O4S/c1-6-25(5)33-32(37)30(8-3)34(22-27-16-14-24(4)15-17-27)31(36)23-35(28-20-18-26(7-2)19-21-28)40(38,39)29-12-10-9-11-13-29/h9-21,25,30H,6-8,22-23H2,1-5H3,(H,33,37). The van der Waals surface area contributed by atoms with Crippen LogP contribution in [0.3, 0.4) is 0 Å². The normalized spacial score (nSPS) is 12.8. The van der Waals surface area contributed by atoms with Gasteiger partial charge in [-0.1, -0.05) is 80.9 Å². The van der Waals surface area contributed by atoms with Crippen LogP contribution in [0.15, 0.2) is 83.8 Å². The number of anilines is 1. The topological polar surface area (TPSA) is 86.8 Å². The van der Waals surface area contributed by atoms with Gasteiger partial charge in [0.05, 0.1) is 10.6 Å². The first-order valence-electron chi connectivity index (χ1n) is 13.9. The van der Waals surface area contributed by atoms with Crippen LogP contribution >= 0.6 is 0 Å². The third kappa shape index (κ3) is 7.72. The molecule has 0 aliphatic heterocycles. The van der Waals surface area contributed by atoms with E-state index in [1.807, 2.05) is 71.0 Å². The molecule has 0 aliphatic rings. The lowest BCUT2D eigenvalue weighted by atomic mass is 10.1. The Labute approximate surface area is 239 Å². The van der Waals surface area contributed by atoms with Crippen LogP contribution < -0.4 is 9.62 Å². The maximum absolute atomic E-state index is 14.1. The summed E-state index contributed by atoms with van der Waals surface area (Å²) in [5, 5.41) is 3.00. The molecule has 40 heavy (non-hydrogen) atoms. The Morgan fingerprint density at radius 2 is 1.43 bits per heavy atom. The van der Waals surface area contributed by atoms with Crippen molar-refractivity contribution in [2.24, 2.45) is 0 Å². The molecule has 0 aromatic heterocycles. The average molecular weight is 564 g/mol. The van der Waals surface area contributed by atoms with Crippen molar-refractivity contribution in [1.82, 2.24) is 10.2 Å². The number of nitrogens with zero attached hydrogens (tertiary/aromatic N) is 2. The number of nitrogens with one attached hydrogen (secondary N) is 1. The number of amides is 2. The van der Waals surface area contributed by atoms with E-state index in [2.05, 4.69) is 5.32 Å². The molecule has 2 unspecified atom stereocenters. The minimum atomic E-state index is -4.07. The Bertz CT molecular complexity index is 1360. The van der Waals surface area contributed by atoms with Crippen molar-refractivity contribution in [3.05, 3.63) is 95.6 Å². The molecule has 3 aromatic carbocycles. The first-order valence-corrected chi connectivity index (χ1v) is 15.4. The zero-order valence-electron chi connectivity index (χ0n) is 24.1. The number of carbonyl (C=O) groups excluding carboxylic acids is 2. The highest BCUT2D eigenvalue weighted by atomic mass is 32.2. The predicted molar refractivity (Wildman–Crippen MR) is 160 cm³/mol. The monoisotopic (exact) mass is 563 g/mol. The molecular weight excluding hydrogens is 522 g/mol. The van der Waals surface area contributed by atoms with Crippen molar-refractivity contribution in [2.75, 3.05) is 10.8 Å². The second-order valence-corrected chi connectivity index (χ2v) is 12.0. The lowest BCUT2D eigenvalue weighted by Crippen LogP contribution is -2.53. The highest BCUT2D eigenvalue weighted by molar-refractivity contribution is 7.92. The largest absolute Gasteiger partial charge is 0.352 e. The molecule has 0 radical (unpaired) electrons. The quantitative estimate of drug-likeness (QED) is 0.299. The molecule has 8 heteroatoms. The summed E-state index contributed by atoms with van der Waals surface area (Å²) in [6.45, 7) is 9.51. The average Bonchev–Trinajstić information content (AvgIpc) is 2.97. The van der Waals surface area contributed by atoms with Crippen LogP contribution in [-0.4, -0.2) is 43.8 Å². The first kappa shape index (κ1) is 30.9. The molecule has 2 amide bonds. The van der Waals surface area contributed by atoms with Gasteiger partial charge >= 0.3 is 0 Å². The van der Waals surface area contributed by atoms with Crippen LogP contribution in [0, 0.1) is 6.92 Å². The fourth-order valence-corrected chi connectivity index (χ4v) is 5.83. The lowest BCUT2D eigenvalue weighted by Gasteiger charge is -2.33. The van der Waals surface area contributed by atoms with Gasteiger partial charge in [0.15, 0.2) is 0 Å². The number of aryl methyl sites for hydroxylation is 2. The van der Waals surface area contributed by atoms with E-state index in [0.29, 0.717) is 12.1 Å². The maximum atomic E-state index is 14.1. The van der Waals surface area contributed by atoms with Crippen LogP contribution in [0.1, 0.15) is 57.2 Å². The first-order chi connectivity index (χ1) is 19.1. The molecule has 1 N–H and O–H groups in total. The Hall–Kier alpha value is -3.65. The summed E-state index contributed by atoms with van der Waals surface area (Å²) in [6, 6.07) is 22.2. The molecule has 0 saturated heterocycles. The highest BCUT2D eigenvalue weighted by Crippen LogP contribution is 2.25. The molecule has 3 rings (SSSR count). The van der Waals surface area contributed by atoms with E-state index in [-0.39, 0.29) is 23.4 Å². The SMILES string of the molecule is CCc1ccc(N(CC(=O)N(Cc2ccc(C)cc2)C(CC)C(=O)NC(C)CC)S(=O)(=O)c2ccccc2)cc1. The van der Waals surface area contributed by atoms with E-state index < -0.39 is 28.5 Å². The Morgan fingerprint density at radius 3 is 1.98 bits per heavy atom. The van der Waals surface area contributed by atoms with Crippen LogP contribution in [0.2, 0.25) is 0 Å². The number of carbonyl (C=O) groups is 2. The van der Waals surface area contributed by atoms with Gasteiger partial charge in [0.2, 0.25) is 11.8 Å². The van der Waals surface area contributed by atoms with E-state index in [0.717, 1.165) is 33.8 Å². The molecule has 0 heterocycles. The van der Waals surface area contributed by atoms with E-state index in [9.17, 15) is 18.0 Å². The van der Waals surface area contributed by atoms with Crippen LogP contribution in [0.5, 0.6) is 0 Å². The van der Waals surface area contributed by atoms with Crippen LogP contribution in [0.25, 0.3) is 0 Å². The van der Waals surface area contributed by atoms with Gasteiger partial charge in [-0.25, -0.2) is 8.42 Å². The molecule has 0 saturated carbocycles. The van der Waals surface area contributed by atoms with Gasteiger partial charge in [-0.2, -0.15) is 0 Å². The molecule has 2 atom stereocenters. The number of hydrogen-bond acceptors (Lipinski definition) is 4. The second kappa shape index (κ2) is 14.1. The fraction of sp³-hybridized carbons (Fsp3) is 0.375. The van der Waals surface area contributed by atoms with Crippen molar-refractivity contribution >= 4 is 27.5 Å². The fourth-order valence-electron chi connectivity index (χ4n) is 4.40. The lowest BCUT2D eigenvalue weighted by molar-refractivity contribution is -0.140. The smallest absolute Gasteiger partial charge is 0.264 e. The number of hydrogen-bond donors (Lipinski definition) is 1. The molecular formula is C32H41N3O4S. The van der Waals surface area contributed by atoms with Gasteiger partial charge in [-0.3, -0.25) is 13.9 Å². The predicted octanol–water partition coefficient (Wildman–Crippen LogP) is 5.47. The zero-order valence-corrected chi connectivity index (χ0v) is 24.9. The summed E-state index contributed by atoms with van der Waals surface area (Å²) in [5.41, 5.74) is 3.39. The maximum Gasteiger partial charge on any atom is 0.264 e. The third-order valence-corrected chi connectivity index (χ3v) is 8.89. The number of sulfonamides is 1. The van der Waals surface area contributed by atoms with Gasteiger partial charge < -0.3 is 10.2 Å². The van der Waals surface area contributed by atoms with Gasteiger partial charge in [-0.15, -0.1) is 0 Å². The molecule has 0 aliphatic carbocycles. The van der Waals surface area contributed by atoms with Gasteiger partial charge in [-0.05, 0) is 68.5 Å². The minimum Gasteiger partial charge on any atom is -0.352 e. The van der Waals surface area contributed by atoms with Crippen molar-refractivity contribution < 1.29 is 18.0 Å². The van der Waals surface area contributed by atoms with E-state index >= 15 is 0 Å². The second-order valence-electron chi connectivity index (χ2n) is 10.1. The molecule has 7 nitrogen and oxygen atoms in total. The van der Waals surface area contributed by atoms with Gasteiger partial charge in [0.1, 0.15) is 12.6 Å². The molecule has 3 aromatic rings. The highest BCUT2D eigenvalue weighted by Gasteiger charge is 2.33. The summed E-state index contributed by atoms with van der Waals surface area (Å²) < 4.78 is 28.9. The Morgan fingerprint density at radius 1 is 0.825 bits per heavy atom. The van der Waals surface area contributed by atoms with E-state index in [1.165, 1.54) is 17.0 Å². The van der Waals surface area contributed by atoms with Crippen molar-refractivity contribution in [1.29, 1.82) is 0 Å². The minimum absolute atomic E-state index is 0.0510. The van der Waals surface area contributed by atoms with Gasteiger partial charge in [0, 0.05) is 12.6 Å². The number of rotatable bonds is 13. The molecule has 214 valence electrons. The van der Waals surface area contributed by atoms with Crippen molar-refractivity contribution in [2.45, 2.75) is 77.4 Å². The van der Waals surface area contributed by atoms with Crippen molar-refractivity contribution in [3.8, 4) is 0 Å². The zero-order chi connectivity index (χ0) is 29.3. The summed E-state index contributed by atoms with van der Waals surface area (Å²) in [4.78, 5) is 29.0. The molecule has 0 spiro atoms. The summed E-state index contributed by atoms with van der Waals surface area (Å²) in [5.74, 6) is -0.701. The van der Waals surface area contributed by atoms with Crippen LogP contribution in [-0.2, 0) is 32.6 Å². The third-order valence-electron chi connectivity index (χ3n) is 7.10. The molecule has 0 bridgehead atoms. The summed E-state index contributed by atoms with van der Waals surface area (Å²) in [6.07, 6.45) is 1.94. The Balaban J connectivity index is 2.04. The van der Waals surface area contributed by atoms with Gasteiger partial charge in [0.25, 0.3) is 10.0 Å². The molecule has 0 fully saturated rings. The van der Waals surface area contributed by atoms with Crippen LogP contribution in [0.4, 0.5) is 5.69 Å². The number of benzene rings is 3. The van der Waals surface area contributed by atoms with E-state index in [1.54, 1.807) is 30.3 Å². The Kier molecular flexibility index (Phi) is 10.9. The van der Waals surface area contributed by atoms with Crippen molar-refractivity contribution in [3.63, 3.8) is 0 Å². The summed E-state index contributed by atoms with van der Waals surface area (Å²) >= 11 is 0.